The normalized spacial score (nSPS) is 21.1. The summed E-state index contributed by atoms with van der Waals surface area (Å²) < 4.78 is 0. The third kappa shape index (κ3) is 2.86. The lowest BCUT2D eigenvalue weighted by atomic mass is 10.0. The van der Waals surface area contributed by atoms with Gasteiger partial charge in [0.05, 0.1) is 6.07 Å². The van der Waals surface area contributed by atoms with Gasteiger partial charge in [0, 0.05) is 37.4 Å². The van der Waals surface area contributed by atoms with Crippen molar-refractivity contribution in [2.24, 2.45) is 0 Å². The maximum atomic E-state index is 8.68. The van der Waals surface area contributed by atoms with Crippen molar-refractivity contribution in [1.82, 2.24) is 10.2 Å². The molecule has 1 aliphatic rings. The Bertz CT molecular complexity index is 431. The van der Waals surface area contributed by atoms with Gasteiger partial charge >= 0.3 is 0 Å². The lowest BCUT2D eigenvalue weighted by Gasteiger charge is -2.35. The molecule has 1 aromatic carbocycles. The molecule has 17 heavy (non-hydrogen) atoms. The zero-order valence-electron chi connectivity index (χ0n) is 10.1. The highest BCUT2D eigenvalue weighted by atomic mass is 15.2. The number of piperazine rings is 1. The van der Waals surface area contributed by atoms with Gasteiger partial charge in [-0.1, -0.05) is 30.3 Å². The molecule has 88 valence electrons. The third-order valence-corrected chi connectivity index (χ3v) is 3.15. The van der Waals surface area contributed by atoms with Gasteiger partial charge in [-0.3, -0.25) is 0 Å². The van der Waals surface area contributed by atoms with E-state index in [4.69, 9.17) is 5.26 Å². The first-order chi connectivity index (χ1) is 8.31. The van der Waals surface area contributed by atoms with Crippen molar-refractivity contribution in [3.05, 3.63) is 47.7 Å². The molecule has 0 saturated carbocycles. The molecule has 1 saturated heterocycles. The highest BCUT2D eigenvalue weighted by Crippen LogP contribution is 2.19. The van der Waals surface area contributed by atoms with E-state index in [0.717, 1.165) is 25.3 Å². The number of allylic oxidation sites excluding steroid dienone is 2. The molecule has 1 atom stereocenters. The van der Waals surface area contributed by atoms with Crippen LogP contribution in [-0.2, 0) is 0 Å². The molecule has 1 unspecified atom stereocenters. The third-order valence-electron chi connectivity index (χ3n) is 3.15. The molecule has 1 aromatic rings. The molecule has 0 aliphatic carbocycles. The summed E-state index contributed by atoms with van der Waals surface area (Å²) in [6, 6.07) is 12.9. The molecule has 1 heterocycles. The van der Waals surface area contributed by atoms with Crippen LogP contribution in [0.1, 0.15) is 18.5 Å². The van der Waals surface area contributed by atoms with Crippen LogP contribution in [0.2, 0.25) is 0 Å². The second kappa shape index (κ2) is 5.51. The van der Waals surface area contributed by atoms with E-state index >= 15 is 0 Å². The Balaban J connectivity index is 2.08. The SMILES string of the molecule is C/C(=C/C#N)N1CCNC(c2ccccc2)C1. The average molecular weight is 227 g/mol. The van der Waals surface area contributed by atoms with Crippen LogP contribution < -0.4 is 5.32 Å². The van der Waals surface area contributed by atoms with Crippen LogP contribution in [0.25, 0.3) is 0 Å². The Morgan fingerprint density at radius 2 is 2.24 bits per heavy atom. The number of nitrogens with one attached hydrogen (secondary N) is 1. The van der Waals surface area contributed by atoms with Gasteiger partial charge < -0.3 is 10.2 Å². The molecule has 1 aliphatic heterocycles. The molecule has 0 amide bonds. The highest BCUT2D eigenvalue weighted by molar-refractivity contribution is 5.21. The molecule has 1 fully saturated rings. The number of benzene rings is 1. The van der Waals surface area contributed by atoms with E-state index in [2.05, 4.69) is 40.6 Å². The van der Waals surface area contributed by atoms with E-state index in [-0.39, 0.29) is 0 Å². The van der Waals surface area contributed by atoms with E-state index < -0.39 is 0 Å². The van der Waals surface area contributed by atoms with Crippen molar-refractivity contribution < 1.29 is 0 Å². The van der Waals surface area contributed by atoms with E-state index in [0.29, 0.717) is 6.04 Å². The minimum Gasteiger partial charge on any atom is -0.371 e. The molecule has 0 aromatic heterocycles. The van der Waals surface area contributed by atoms with Crippen molar-refractivity contribution in [2.45, 2.75) is 13.0 Å². The average Bonchev–Trinajstić information content (AvgIpc) is 2.40. The van der Waals surface area contributed by atoms with Gasteiger partial charge in [0.15, 0.2) is 0 Å². The van der Waals surface area contributed by atoms with Gasteiger partial charge in [-0.25, -0.2) is 0 Å². The van der Waals surface area contributed by atoms with Gasteiger partial charge in [-0.05, 0) is 12.5 Å². The first-order valence-corrected chi connectivity index (χ1v) is 5.91. The van der Waals surface area contributed by atoms with Gasteiger partial charge in [-0.15, -0.1) is 0 Å². The van der Waals surface area contributed by atoms with Gasteiger partial charge in [0.2, 0.25) is 0 Å². The van der Waals surface area contributed by atoms with Crippen LogP contribution in [0.15, 0.2) is 42.1 Å². The molecular weight excluding hydrogens is 210 g/mol. The van der Waals surface area contributed by atoms with Crippen LogP contribution in [0.3, 0.4) is 0 Å². The molecule has 2 rings (SSSR count). The topological polar surface area (TPSA) is 39.1 Å². The molecule has 0 bridgehead atoms. The molecule has 0 spiro atoms. The predicted octanol–water partition coefficient (Wildman–Crippen LogP) is 2.06. The zero-order chi connectivity index (χ0) is 12.1. The van der Waals surface area contributed by atoms with Crippen molar-refractivity contribution in [3.63, 3.8) is 0 Å². The van der Waals surface area contributed by atoms with Gasteiger partial charge in [-0.2, -0.15) is 5.26 Å². The van der Waals surface area contributed by atoms with Crippen LogP contribution in [0, 0.1) is 11.3 Å². The minimum atomic E-state index is 0.354. The second-order valence-electron chi connectivity index (χ2n) is 4.28. The Labute approximate surface area is 102 Å². The summed E-state index contributed by atoms with van der Waals surface area (Å²) >= 11 is 0. The van der Waals surface area contributed by atoms with Crippen LogP contribution in [-0.4, -0.2) is 24.5 Å². The van der Waals surface area contributed by atoms with E-state index in [1.165, 1.54) is 5.56 Å². The van der Waals surface area contributed by atoms with Gasteiger partial charge in [0.1, 0.15) is 0 Å². The number of hydrogen-bond donors (Lipinski definition) is 1. The van der Waals surface area contributed by atoms with Gasteiger partial charge in [0.25, 0.3) is 0 Å². The number of nitriles is 1. The van der Waals surface area contributed by atoms with E-state index in [9.17, 15) is 0 Å². The monoisotopic (exact) mass is 227 g/mol. The highest BCUT2D eigenvalue weighted by Gasteiger charge is 2.20. The first kappa shape index (κ1) is 11.7. The predicted molar refractivity (Wildman–Crippen MR) is 68.1 cm³/mol. The van der Waals surface area contributed by atoms with Crippen molar-refractivity contribution >= 4 is 0 Å². The Morgan fingerprint density at radius 1 is 1.47 bits per heavy atom. The van der Waals surface area contributed by atoms with Crippen molar-refractivity contribution in [1.29, 1.82) is 5.26 Å². The number of hydrogen-bond acceptors (Lipinski definition) is 3. The maximum absolute atomic E-state index is 8.68. The number of nitrogens with zero attached hydrogens (tertiary/aromatic N) is 2. The fourth-order valence-corrected chi connectivity index (χ4v) is 2.16. The minimum absolute atomic E-state index is 0.354. The first-order valence-electron chi connectivity index (χ1n) is 5.91. The number of rotatable bonds is 2. The summed E-state index contributed by atoms with van der Waals surface area (Å²) in [5.74, 6) is 0. The summed E-state index contributed by atoms with van der Waals surface area (Å²) in [5, 5.41) is 12.2. The molecule has 3 heteroatoms. The van der Waals surface area contributed by atoms with Crippen molar-refractivity contribution in [2.75, 3.05) is 19.6 Å². The second-order valence-corrected chi connectivity index (χ2v) is 4.28. The lowest BCUT2D eigenvalue weighted by molar-refractivity contribution is 0.249. The zero-order valence-corrected chi connectivity index (χ0v) is 10.1. The maximum Gasteiger partial charge on any atom is 0.0930 e. The fraction of sp³-hybridized carbons (Fsp3) is 0.357. The standard InChI is InChI=1S/C14H17N3/c1-12(7-8-15)17-10-9-16-14(11-17)13-5-3-2-4-6-13/h2-7,14,16H,9-11H2,1H3/b12-7-. The Kier molecular flexibility index (Phi) is 3.79. The fourth-order valence-electron chi connectivity index (χ4n) is 2.16. The molecule has 1 N–H and O–H groups in total. The molecular formula is C14H17N3. The Morgan fingerprint density at radius 3 is 2.94 bits per heavy atom. The van der Waals surface area contributed by atoms with E-state index in [1.807, 2.05) is 13.0 Å². The molecule has 0 radical (unpaired) electrons. The van der Waals surface area contributed by atoms with Crippen molar-refractivity contribution in [3.8, 4) is 6.07 Å². The smallest absolute Gasteiger partial charge is 0.0930 e. The summed E-state index contributed by atoms with van der Waals surface area (Å²) in [5.41, 5.74) is 2.36. The summed E-state index contributed by atoms with van der Waals surface area (Å²) in [4.78, 5) is 2.26. The van der Waals surface area contributed by atoms with Crippen LogP contribution in [0.5, 0.6) is 0 Å². The van der Waals surface area contributed by atoms with E-state index in [1.54, 1.807) is 6.08 Å². The quantitative estimate of drug-likeness (QED) is 0.786. The van der Waals surface area contributed by atoms with Crippen LogP contribution >= 0.6 is 0 Å². The largest absolute Gasteiger partial charge is 0.371 e. The summed E-state index contributed by atoms with van der Waals surface area (Å²) in [6.45, 7) is 4.84. The molecule has 3 nitrogen and oxygen atoms in total. The Hall–Kier alpha value is -1.79. The van der Waals surface area contributed by atoms with Crippen LogP contribution in [0.4, 0.5) is 0 Å². The summed E-state index contributed by atoms with van der Waals surface area (Å²) in [6.07, 6.45) is 1.62. The summed E-state index contributed by atoms with van der Waals surface area (Å²) in [7, 11) is 0. The lowest BCUT2D eigenvalue weighted by Crippen LogP contribution is -2.44.